The highest BCUT2D eigenvalue weighted by Crippen LogP contribution is 2.19. The second kappa shape index (κ2) is 13.7. The van der Waals surface area contributed by atoms with E-state index >= 15 is 0 Å². The molecule has 0 aromatic carbocycles. The summed E-state index contributed by atoms with van der Waals surface area (Å²) in [5.74, 6) is 0. The van der Waals surface area contributed by atoms with Gasteiger partial charge in [-0.15, -0.1) is 0 Å². The Labute approximate surface area is 194 Å². The number of rotatable bonds is 14. The van der Waals surface area contributed by atoms with Gasteiger partial charge in [-0.2, -0.15) is 0 Å². The molecule has 32 heavy (non-hydrogen) atoms. The van der Waals surface area contributed by atoms with E-state index < -0.39 is 0 Å². The van der Waals surface area contributed by atoms with Crippen LogP contribution in [0.4, 0.5) is 0 Å². The molecule has 3 aromatic rings. The van der Waals surface area contributed by atoms with E-state index in [-0.39, 0.29) is 0 Å². The Balaban J connectivity index is 1.51. The lowest BCUT2D eigenvalue weighted by Crippen LogP contribution is -1.95. The Morgan fingerprint density at radius 3 is 1.19 bits per heavy atom. The van der Waals surface area contributed by atoms with Crippen LogP contribution in [0.25, 0.3) is 22.8 Å². The summed E-state index contributed by atoms with van der Waals surface area (Å²) in [6.07, 6.45) is 22.7. The van der Waals surface area contributed by atoms with E-state index in [9.17, 15) is 0 Å². The average molecular weight is 431 g/mol. The second-order valence-electron chi connectivity index (χ2n) is 8.72. The SMILES string of the molecule is CCCCCCCc1ccc(-c2cnc(-c3ccc(CCCCCCC)cn3)cn2)nc1. The zero-order valence-electron chi connectivity index (χ0n) is 19.9. The number of aryl methyl sites for hydroxylation is 2. The number of hydrogen-bond donors (Lipinski definition) is 0. The van der Waals surface area contributed by atoms with Crippen molar-refractivity contribution in [2.45, 2.75) is 90.9 Å². The van der Waals surface area contributed by atoms with Crippen molar-refractivity contribution in [3.05, 3.63) is 60.2 Å². The maximum Gasteiger partial charge on any atom is 0.107 e. The van der Waals surface area contributed by atoms with Crippen molar-refractivity contribution >= 4 is 0 Å². The molecular weight excluding hydrogens is 392 g/mol. The predicted octanol–water partition coefficient (Wildman–Crippen LogP) is 7.63. The fourth-order valence-corrected chi connectivity index (χ4v) is 3.91. The van der Waals surface area contributed by atoms with Crippen LogP contribution in [-0.2, 0) is 12.8 Å². The molecule has 0 saturated heterocycles. The molecule has 0 aliphatic carbocycles. The molecule has 170 valence electrons. The fraction of sp³-hybridized carbons (Fsp3) is 0.500. The Morgan fingerprint density at radius 1 is 0.438 bits per heavy atom. The average Bonchev–Trinajstić information content (AvgIpc) is 2.85. The number of pyridine rings is 2. The predicted molar refractivity (Wildman–Crippen MR) is 133 cm³/mol. The van der Waals surface area contributed by atoms with Crippen LogP contribution in [0, 0.1) is 0 Å². The Morgan fingerprint density at radius 2 is 0.844 bits per heavy atom. The highest BCUT2D eigenvalue weighted by Gasteiger charge is 2.06. The molecule has 3 rings (SSSR count). The quantitative estimate of drug-likeness (QED) is 0.247. The second-order valence-corrected chi connectivity index (χ2v) is 8.72. The van der Waals surface area contributed by atoms with Crippen LogP contribution in [0.1, 0.15) is 89.2 Å². The Bertz CT molecular complexity index is 810. The first kappa shape index (κ1) is 24.0. The number of aromatic nitrogens is 4. The maximum absolute atomic E-state index is 4.61. The molecular formula is C28H38N4. The molecule has 0 aliphatic heterocycles. The summed E-state index contributed by atoms with van der Waals surface area (Å²) in [6, 6.07) is 8.44. The van der Waals surface area contributed by atoms with Crippen molar-refractivity contribution in [3.8, 4) is 22.8 Å². The highest BCUT2D eigenvalue weighted by atomic mass is 14.8. The lowest BCUT2D eigenvalue weighted by Gasteiger charge is -2.05. The Kier molecular flexibility index (Phi) is 10.3. The number of unbranched alkanes of at least 4 members (excludes halogenated alkanes) is 8. The summed E-state index contributed by atoms with van der Waals surface area (Å²) >= 11 is 0. The first-order chi connectivity index (χ1) is 15.8. The number of nitrogens with zero attached hydrogens (tertiary/aromatic N) is 4. The molecule has 0 saturated carbocycles. The van der Waals surface area contributed by atoms with Gasteiger partial charge >= 0.3 is 0 Å². The van der Waals surface area contributed by atoms with Crippen molar-refractivity contribution in [2.24, 2.45) is 0 Å². The normalized spacial score (nSPS) is 11.1. The van der Waals surface area contributed by atoms with Crippen LogP contribution in [-0.4, -0.2) is 19.9 Å². The van der Waals surface area contributed by atoms with Crippen molar-refractivity contribution in [1.82, 2.24) is 19.9 Å². The smallest absolute Gasteiger partial charge is 0.107 e. The largest absolute Gasteiger partial charge is 0.254 e. The van der Waals surface area contributed by atoms with Gasteiger partial charge in [-0.3, -0.25) is 19.9 Å². The molecule has 0 aliphatic rings. The molecule has 0 amide bonds. The third-order valence-electron chi connectivity index (χ3n) is 5.96. The van der Waals surface area contributed by atoms with Crippen molar-refractivity contribution < 1.29 is 0 Å². The molecule has 0 spiro atoms. The van der Waals surface area contributed by atoms with Crippen molar-refractivity contribution in [1.29, 1.82) is 0 Å². The Hall–Kier alpha value is -2.62. The first-order valence-electron chi connectivity index (χ1n) is 12.5. The third-order valence-corrected chi connectivity index (χ3v) is 5.96. The van der Waals surface area contributed by atoms with Gasteiger partial charge < -0.3 is 0 Å². The maximum atomic E-state index is 4.61. The van der Waals surface area contributed by atoms with Crippen molar-refractivity contribution in [3.63, 3.8) is 0 Å². The topological polar surface area (TPSA) is 51.6 Å². The van der Waals surface area contributed by atoms with E-state index in [0.717, 1.165) is 35.6 Å². The van der Waals surface area contributed by atoms with Crippen molar-refractivity contribution in [2.75, 3.05) is 0 Å². The van der Waals surface area contributed by atoms with Crippen LogP contribution in [0.3, 0.4) is 0 Å². The fourth-order valence-electron chi connectivity index (χ4n) is 3.91. The van der Waals surface area contributed by atoms with E-state index in [4.69, 9.17) is 0 Å². The highest BCUT2D eigenvalue weighted by molar-refractivity contribution is 5.57. The molecule has 0 bridgehead atoms. The molecule has 0 radical (unpaired) electrons. The lowest BCUT2D eigenvalue weighted by atomic mass is 10.1. The molecule has 4 nitrogen and oxygen atoms in total. The summed E-state index contributed by atoms with van der Waals surface area (Å²) in [4.78, 5) is 18.4. The van der Waals surface area contributed by atoms with Crippen LogP contribution in [0.15, 0.2) is 49.1 Å². The van der Waals surface area contributed by atoms with Crippen LogP contribution in [0.5, 0.6) is 0 Å². The molecule has 3 heterocycles. The molecule has 4 heteroatoms. The standard InChI is InChI=1S/C28H38N4/c1-3-5-7-9-11-13-23-15-17-25(29-19-23)27-21-32-28(22-31-27)26-18-16-24(20-30-26)14-12-10-8-6-4-2/h15-22H,3-14H2,1-2H3. The first-order valence-corrected chi connectivity index (χ1v) is 12.5. The minimum atomic E-state index is 0.798. The van der Waals surface area contributed by atoms with Gasteiger partial charge in [0, 0.05) is 12.4 Å². The summed E-state index contributed by atoms with van der Waals surface area (Å²) in [5, 5.41) is 0. The van der Waals surface area contributed by atoms with Gasteiger partial charge in [0.2, 0.25) is 0 Å². The number of hydrogen-bond acceptors (Lipinski definition) is 4. The van der Waals surface area contributed by atoms with E-state index in [2.05, 4.69) is 58.0 Å². The summed E-state index contributed by atoms with van der Waals surface area (Å²) in [6.45, 7) is 4.50. The molecule has 3 aromatic heterocycles. The monoisotopic (exact) mass is 430 g/mol. The zero-order chi connectivity index (χ0) is 22.4. The molecule has 0 unspecified atom stereocenters. The van der Waals surface area contributed by atoms with Gasteiger partial charge in [0.25, 0.3) is 0 Å². The summed E-state index contributed by atoms with van der Waals surface area (Å²) < 4.78 is 0. The van der Waals surface area contributed by atoms with Gasteiger partial charge in [-0.1, -0.05) is 77.3 Å². The van der Waals surface area contributed by atoms with Gasteiger partial charge in [0.1, 0.15) is 11.4 Å². The van der Waals surface area contributed by atoms with Crippen LogP contribution >= 0.6 is 0 Å². The van der Waals surface area contributed by atoms with Gasteiger partial charge in [0.05, 0.1) is 23.8 Å². The van der Waals surface area contributed by atoms with Gasteiger partial charge in [0.15, 0.2) is 0 Å². The van der Waals surface area contributed by atoms with Crippen LogP contribution in [0.2, 0.25) is 0 Å². The summed E-state index contributed by atoms with van der Waals surface area (Å²) in [7, 11) is 0. The van der Waals surface area contributed by atoms with E-state index in [1.54, 1.807) is 12.4 Å². The van der Waals surface area contributed by atoms with E-state index in [1.165, 1.54) is 75.3 Å². The zero-order valence-corrected chi connectivity index (χ0v) is 19.9. The van der Waals surface area contributed by atoms with Crippen LogP contribution < -0.4 is 0 Å². The molecule has 0 atom stereocenters. The third kappa shape index (κ3) is 7.81. The van der Waals surface area contributed by atoms with Gasteiger partial charge in [-0.05, 0) is 48.9 Å². The van der Waals surface area contributed by atoms with E-state index in [1.807, 2.05) is 12.4 Å². The molecule has 0 fully saturated rings. The minimum absolute atomic E-state index is 0.798. The molecule has 0 N–H and O–H groups in total. The van der Waals surface area contributed by atoms with E-state index in [0.29, 0.717) is 0 Å². The van der Waals surface area contributed by atoms with Gasteiger partial charge in [-0.25, -0.2) is 0 Å². The lowest BCUT2D eigenvalue weighted by molar-refractivity contribution is 0.632. The summed E-state index contributed by atoms with van der Waals surface area (Å²) in [5.41, 5.74) is 5.92. The minimum Gasteiger partial charge on any atom is -0.254 e.